The van der Waals surface area contributed by atoms with Gasteiger partial charge in [0.05, 0.1) is 0 Å². The van der Waals surface area contributed by atoms with Gasteiger partial charge in [-0.15, -0.1) is 36.1 Å². The summed E-state index contributed by atoms with van der Waals surface area (Å²) in [6, 6.07) is 14.7. The first-order chi connectivity index (χ1) is 9.25. The molecule has 1 aliphatic heterocycles. The molecule has 1 fully saturated rings. The minimum atomic E-state index is 0. The number of rotatable bonds is 0. The van der Waals surface area contributed by atoms with Gasteiger partial charge in [0, 0.05) is 0 Å². The van der Waals surface area contributed by atoms with E-state index in [0.717, 1.165) is 6.42 Å². The Kier molecular flexibility index (Phi) is 9.67. The van der Waals surface area contributed by atoms with Crippen LogP contribution in [-0.4, -0.2) is 19.5 Å². The predicted octanol–water partition coefficient (Wildman–Crippen LogP) is -0.280. The molecule has 0 amide bonds. The molecule has 4 rings (SSSR count). The molecule has 0 N–H and O–H groups in total. The standard InChI is InChI=1S/C9H7.C8H11P2.2FH.Ti/c1-2-5-9-7-3-6-8(9)4-1;1-9-6-7-4-3-5-8(7)10(9)2;;;/h1-7H;4H,3,6H2,1-2H3;2*1H;/q2*-1;;;+4/p-2. The molecule has 2 unspecified atom stereocenters. The SMILES string of the molecule is CP1CC2=CC[C-]=C2P1C.[F-].[F-].[Ti+4].c1ccc2[cH-]ccc2c1. The predicted molar refractivity (Wildman–Crippen MR) is 89.6 cm³/mol. The minimum Gasteiger partial charge on any atom is -1.00 e. The summed E-state index contributed by atoms with van der Waals surface area (Å²) in [5.74, 6) is 0. The van der Waals surface area contributed by atoms with E-state index < -0.39 is 0 Å². The van der Waals surface area contributed by atoms with E-state index >= 15 is 0 Å². The Labute approximate surface area is 148 Å². The van der Waals surface area contributed by atoms with Crippen molar-refractivity contribution >= 4 is 26.0 Å². The first-order valence-electron chi connectivity index (χ1n) is 6.61. The summed E-state index contributed by atoms with van der Waals surface area (Å²) in [6.45, 7) is 4.84. The van der Waals surface area contributed by atoms with Crippen molar-refractivity contribution in [1.29, 1.82) is 0 Å². The molecule has 5 heteroatoms. The number of benzene rings is 1. The maximum Gasteiger partial charge on any atom is 4.00 e. The third-order valence-corrected chi connectivity index (χ3v) is 10.7. The molecule has 0 nitrogen and oxygen atoms in total. The second-order valence-corrected chi connectivity index (χ2v) is 11.9. The van der Waals surface area contributed by atoms with Crippen LogP contribution >= 0.6 is 15.2 Å². The van der Waals surface area contributed by atoms with Crippen molar-refractivity contribution in [2.45, 2.75) is 6.42 Å². The van der Waals surface area contributed by atoms with Crippen molar-refractivity contribution < 1.29 is 31.1 Å². The van der Waals surface area contributed by atoms with Crippen LogP contribution in [0.1, 0.15) is 6.42 Å². The fourth-order valence-electron chi connectivity index (χ4n) is 2.54. The van der Waals surface area contributed by atoms with Gasteiger partial charge in [-0.3, -0.25) is 6.08 Å². The van der Waals surface area contributed by atoms with Gasteiger partial charge in [-0.2, -0.15) is 34.5 Å². The molecule has 1 heterocycles. The number of fused-ring (bicyclic) bond motifs is 2. The van der Waals surface area contributed by atoms with Gasteiger partial charge in [-0.25, -0.2) is 0 Å². The molecular formula is C17H18F2P2Ti. The summed E-state index contributed by atoms with van der Waals surface area (Å²) in [6.07, 6.45) is 8.32. The average Bonchev–Trinajstić information content (AvgIpc) is 3.10. The third-order valence-electron chi connectivity index (χ3n) is 3.70. The van der Waals surface area contributed by atoms with E-state index in [9.17, 15) is 0 Å². The molecule has 1 aliphatic carbocycles. The Hall–Kier alpha value is -0.256. The third kappa shape index (κ3) is 4.62. The zero-order valence-electron chi connectivity index (χ0n) is 12.7. The molecule has 2 aliphatic rings. The van der Waals surface area contributed by atoms with Gasteiger partial charge < -0.3 is 9.41 Å². The number of halogens is 2. The Balaban J connectivity index is 0.000000354. The second kappa shape index (κ2) is 9.79. The fraction of sp³-hybridized carbons (Fsp3) is 0.235. The van der Waals surface area contributed by atoms with Crippen LogP contribution in [0, 0.1) is 6.08 Å². The molecule has 0 saturated carbocycles. The first kappa shape index (κ1) is 21.7. The Bertz CT molecular complexity index is 619. The van der Waals surface area contributed by atoms with E-state index in [0.29, 0.717) is 7.61 Å². The molecule has 2 aromatic carbocycles. The second-order valence-electron chi connectivity index (χ2n) is 4.95. The van der Waals surface area contributed by atoms with Crippen LogP contribution in [0.2, 0.25) is 0 Å². The minimum absolute atomic E-state index is 0. The monoisotopic (exact) mass is 370 g/mol. The molecule has 2 atom stereocenters. The fourth-order valence-corrected chi connectivity index (χ4v) is 7.62. The molecule has 0 aromatic heterocycles. The number of hydrogen-bond donors (Lipinski definition) is 0. The Morgan fingerprint density at radius 2 is 1.82 bits per heavy atom. The summed E-state index contributed by atoms with van der Waals surface area (Å²) in [4.78, 5) is 0. The van der Waals surface area contributed by atoms with E-state index in [1.807, 2.05) is 0 Å². The smallest absolute Gasteiger partial charge is 1.00 e. The molecule has 22 heavy (non-hydrogen) atoms. The van der Waals surface area contributed by atoms with Gasteiger partial charge in [-0.1, -0.05) is 27.4 Å². The summed E-state index contributed by atoms with van der Waals surface area (Å²) >= 11 is 0. The molecular weight excluding hydrogens is 352 g/mol. The van der Waals surface area contributed by atoms with Crippen molar-refractivity contribution in [3.05, 3.63) is 65.5 Å². The Morgan fingerprint density at radius 3 is 2.50 bits per heavy atom. The largest absolute Gasteiger partial charge is 4.00 e. The van der Waals surface area contributed by atoms with Crippen LogP contribution in [0.3, 0.4) is 0 Å². The first-order valence-corrected chi connectivity index (χ1v) is 11.1. The molecule has 0 spiro atoms. The van der Waals surface area contributed by atoms with Crippen LogP contribution in [0.15, 0.2) is 59.4 Å². The summed E-state index contributed by atoms with van der Waals surface area (Å²) in [5, 5.41) is 4.28. The van der Waals surface area contributed by atoms with Gasteiger partial charge in [0.2, 0.25) is 0 Å². The van der Waals surface area contributed by atoms with E-state index in [2.05, 4.69) is 67.9 Å². The van der Waals surface area contributed by atoms with E-state index in [1.54, 1.807) is 10.9 Å². The maximum atomic E-state index is 3.47. The summed E-state index contributed by atoms with van der Waals surface area (Å²) in [7, 11) is 0.573. The van der Waals surface area contributed by atoms with E-state index in [-0.39, 0.29) is 38.7 Å². The zero-order chi connectivity index (χ0) is 13.2. The summed E-state index contributed by atoms with van der Waals surface area (Å²) in [5.41, 5.74) is 1.64. The average molecular weight is 370 g/mol. The van der Waals surface area contributed by atoms with Crippen LogP contribution in [-0.2, 0) is 21.7 Å². The molecule has 114 valence electrons. The van der Waals surface area contributed by atoms with Crippen molar-refractivity contribution in [3.8, 4) is 0 Å². The van der Waals surface area contributed by atoms with E-state index in [1.165, 1.54) is 16.9 Å². The van der Waals surface area contributed by atoms with Gasteiger partial charge in [0.25, 0.3) is 0 Å². The summed E-state index contributed by atoms with van der Waals surface area (Å²) < 4.78 is 0. The van der Waals surface area contributed by atoms with Crippen molar-refractivity contribution in [2.75, 3.05) is 19.5 Å². The van der Waals surface area contributed by atoms with Gasteiger partial charge >= 0.3 is 21.7 Å². The molecule has 0 bridgehead atoms. The van der Waals surface area contributed by atoms with Gasteiger partial charge in [0.1, 0.15) is 0 Å². The quantitative estimate of drug-likeness (QED) is 0.340. The van der Waals surface area contributed by atoms with Crippen LogP contribution in [0.4, 0.5) is 0 Å². The van der Waals surface area contributed by atoms with Crippen LogP contribution in [0.25, 0.3) is 10.8 Å². The van der Waals surface area contributed by atoms with Crippen molar-refractivity contribution in [3.63, 3.8) is 0 Å². The Morgan fingerprint density at radius 1 is 1.09 bits per heavy atom. The van der Waals surface area contributed by atoms with Gasteiger partial charge in [-0.05, 0) is 13.3 Å². The molecule has 1 saturated heterocycles. The molecule has 2 aromatic rings. The number of allylic oxidation sites excluding steroid dienone is 4. The zero-order valence-corrected chi connectivity index (χ0v) is 16.0. The van der Waals surface area contributed by atoms with Crippen molar-refractivity contribution in [2.24, 2.45) is 0 Å². The van der Waals surface area contributed by atoms with Gasteiger partial charge in [0.15, 0.2) is 0 Å². The molecule has 0 radical (unpaired) electrons. The van der Waals surface area contributed by atoms with Crippen LogP contribution < -0.4 is 9.41 Å². The van der Waals surface area contributed by atoms with Crippen molar-refractivity contribution in [1.82, 2.24) is 0 Å². The van der Waals surface area contributed by atoms with Crippen LogP contribution in [0.5, 0.6) is 0 Å². The normalized spacial score (nSPS) is 21.2. The van der Waals surface area contributed by atoms with E-state index in [4.69, 9.17) is 0 Å². The maximum absolute atomic E-state index is 3.47. The number of hydrogen-bond acceptors (Lipinski definition) is 0. The topological polar surface area (TPSA) is 0 Å².